The second-order valence-corrected chi connectivity index (χ2v) is 4.71. The van der Waals surface area contributed by atoms with Crippen LogP contribution in [0.3, 0.4) is 0 Å². The van der Waals surface area contributed by atoms with Crippen LogP contribution in [0.2, 0.25) is 0 Å². The standard InChI is InChI=1S/C14H8F6N2O.C2H6/c1-7-2-3-10-9(4-7)11(8(5-21)6-22-10)23-12(13(15,16)17)14(18,19)20;1-2/h2-4,6,12H,1H3;1-2H3. The summed E-state index contributed by atoms with van der Waals surface area (Å²) in [4.78, 5) is 3.82. The highest BCUT2D eigenvalue weighted by Gasteiger charge is 2.59. The highest BCUT2D eigenvalue weighted by Crippen LogP contribution is 2.39. The fraction of sp³-hybridized carbons (Fsp3) is 0.375. The molecule has 0 amide bonds. The third-order valence-electron chi connectivity index (χ3n) is 2.92. The van der Waals surface area contributed by atoms with E-state index in [1.54, 1.807) is 13.0 Å². The number of aryl methyl sites for hydroxylation is 1. The molecule has 25 heavy (non-hydrogen) atoms. The Bertz CT molecular complexity index is 763. The van der Waals surface area contributed by atoms with Gasteiger partial charge in [-0.25, -0.2) is 0 Å². The summed E-state index contributed by atoms with van der Waals surface area (Å²) in [5, 5.41) is 8.84. The Labute approximate surface area is 139 Å². The van der Waals surface area contributed by atoms with Crippen LogP contribution in [0.1, 0.15) is 25.0 Å². The largest absolute Gasteiger partial charge is 0.469 e. The molecular formula is C16H14F6N2O. The van der Waals surface area contributed by atoms with E-state index >= 15 is 0 Å². The van der Waals surface area contributed by atoms with Gasteiger partial charge in [-0.2, -0.15) is 31.6 Å². The molecule has 0 radical (unpaired) electrons. The molecule has 0 aliphatic carbocycles. The number of benzene rings is 1. The Morgan fingerprint density at radius 2 is 1.64 bits per heavy atom. The van der Waals surface area contributed by atoms with Gasteiger partial charge in [-0.3, -0.25) is 4.98 Å². The molecule has 0 unspecified atom stereocenters. The number of nitriles is 1. The number of alkyl halides is 6. The van der Waals surface area contributed by atoms with Crippen molar-refractivity contribution in [3.05, 3.63) is 35.5 Å². The van der Waals surface area contributed by atoms with E-state index in [9.17, 15) is 26.3 Å². The summed E-state index contributed by atoms with van der Waals surface area (Å²) >= 11 is 0. The van der Waals surface area contributed by atoms with Gasteiger partial charge in [-0.1, -0.05) is 25.5 Å². The molecule has 0 atom stereocenters. The lowest BCUT2D eigenvalue weighted by atomic mass is 10.1. The van der Waals surface area contributed by atoms with Gasteiger partial charge in [0.25, 0.3) is 6.10 Å². The summed E-state index contributed by atoms with van der Waals surface area (Å²) in [5.74, 6) is -0.791. The molecule has 0 N–H and O–H groups in total. The Hall–Kier alpha value is -2.50. The van der Waals surface area contributed by atoms with Gasteiger partial charge in [0, 0.05) is 11.6 Å². The number of aromatic nitrogens is 1. The SMILES string of the molecule is CC.Cc1ccc2ncc(C#N)c(OC(C(F)(F)F)C(F)(F)F)c2c1. The molecule has 2 aromatic rings. The minimum Gasteiger partial charge on any atom is -0.469 e. The molecule has 3 nitrogen and oxygen atoms in total. The summed E-state index contributed by atoms with van der Waals surface area (Å²) < 4.78 is 80.3. The Morgan fingerprint density at radius 3 is 2.12 bits per heavy atom. The minimum absolute atomic E-state index is 0.0949. The molecule has 136 valence electrons. The van der Waals surface area contributed by atoms with E-state index in [0.29, 0.717) is 5.56 Å². The summed E-state index contributed by atoms with van der Waals surface area (Å²) in [6.07, 6.45) is -14.5. The maximum absolute atomic E-state index is 12.7. The van der Waals surface area contributed by atoms with Gasteiger partial charge in [0.1, 0.15) is 17.4 Å². The molecule has 1 aromatic heterocycles. The van der Waals surface area contributed by atoms with E-state index in [0.717, 1.165) is 6.20 Å². The molecule has 1 heterocycles. The van der Waals surface area contributed by atoms with E-state index in [4.69, 9.17) is 5.26 Å². The molecule has 0 saturated carbocycles. The maximum Gasteiger partial charge on any atom is 0.434 e. The quantitative estimate of drug-likeness (QED) is 0.678. The van der Waals surface area contributed by atoms with Gasteiger partial charge in [-0.15, -0.1) is 0 Å². The fourth-order valence-corrected chi connectivity index (χ4v) is 1.93. The number of nitrogens with zero attached hydrogens (tertiary/aromatic N) is 2. The summed E-state index contributed by atoms with van der Waals surface area (Å²) in [7, 11) is 0. The lowest BCUT2D eigenvalue weighted by Gasteiger charge is -2.24. The molecule has 0 saturated heterocycles. The number of ether oxygens (including phenoxy) is 1. The first kappa shape index (κ1) is 20.5. The van der Waals surface area contributed by atoms with Crippen molar-refractivity contribution in [3.63, 3.8) is 0 Å². The average molecular weight is 364 g/mol. The van der Waals surface area contributed by atoms with E-state index in [2.05, 4.69) is 9.72 Å². The molecular weight excluding hydrogens is 350 g/mol. The van der Waals surface area contributed by atoms with Crippen LogP contribution in [0, 0.1) is 18.3 Å². The van der Waals surface area contributed by atoms with Crippen molar-refractivity contribution >= 4 is 10.9 Å². The van der Waals surface area contributed by atoms with Crippen molar-refractivity contribution in [2.75, 3.05) is 0 Å². The maximum atomic E-state index is 12.7. The number of hydrogen-bond acceptors (Lipinski definition) is 3. The minimum atomic E-state index is -5.68. The van der Waals surface area contributed by atoms with Gasteiger partial charge in [0.05, 0.1) is 5.52 Å². The molecule has 1 aromatic carbocycles. The van der Waals surface area contributed by atoms with E-state index in [1.807, 2.05) is 13.8 Å². The van der Waals surface area contributed by atoms with E-state index in [1.165, 1.54) is 18.2 Å². The van der Waals surface area contributed by atoms with Crippen LogP contribution >= 0.6 is 0 Å². The number of pyridine rings is 1. The summed E-state index contributed by atoms with van der Waals surface area (Å²) in [6.45, 7) is 5.59. The van der Waals surface area contributed by atoms with Gasteiger partial charge in [0.15, 0.2) is 0 Å². The molecule has 0 fully saturated rings. The van der Waals surface area contributed by atoms with Crippen LogP contribution in [0.5, 0.6) is 5.75 Å². The molecule has 0 bridgehead atoms. The Morgan fingerprint density at radius 1 is 1.08 bits per heavy atom. The van der Waals surface area contributed by atoms with Crippen LogP contribution < -0.4 is 4.74 Å². The first-order valence-electron chi connectivity index (χ1n) is 7.13. The number of fused-ring (bicyclic) bond motifs is 1. The second-order valence-electron chi connectivity index (χ2n) is 4.71. The zero-order chi connectivity index (χ0) is 19.4. The van der Waals surface area contributed by atoms with Crippen LogP contribution in [0.25, 0.3) is 10.9 Å². The van der Waals surface area contributed by atoms with E-state index < -0.39 is 29.8 Å². The molecule has 0 spiro atoms. The monoisotopic (exact) mass is 364 g/mol. The van der Waals surface area contributed by atoms with E-state index in [-0.39, 0.29) is 10.9 Å². The zero-order valence-corrected chi connectivity index (χ0v) is 13.5. The number of rotatable bonds is 2. The zero-order valence-electron chi connectivity index (χ0n) is 13.5. The van der Waals surface area contributed by atoms with Crippen molar-refractivity contribution in [3.8, 4) is 11.8 Å². The second kappa shape index (κ2) is 7.59. The Kier molecular flexibility index (Phi) is 6.24. The predicted molar refractivity (Wildman–Crippen MR) is 79.1 cm³/mol. The van der Waals surface area contributed by atoms with Crippen LogP contribution in [0.15, 0.2) is 24.4 Å². The van der Waals surface area contributed by atoms with Crippen LogP contribution in [0.4, 0.5) is 26.3 Å². The first-order chi connectivity index (χ1) is 11.5. The smallest absolute Gasteiger partial charge is 0.434 e. The third-order valence-corrected chi connectivity index (χ3v) is 2.92. The highest BCUT2D eigenvalue weighted by molar-refractivity contribution is 5.87. The number of halogens is 6. The summed E-state index contributed by atoms with van der Waals surface area (Å²) in [6, 6.07) is 5.79. The number of hydrogen-bond donors (Lipinski definition) is 0. The van der Waals surface area contributed by atoms with Crippen molar-refractivity contribution in [2.45, 2.75) is 39.2 Å². The molecule has 9 heteroatoms. The Balaban J connectivity index is 0.00000151. The summed E-state index contributed by atoms with van der Waals surface area (Å²) in [5.41, 5.74) is 0.170. The normalized spacial score (nSPS) is 11.7. The lowest BCUT2D eigenvalue weighted by Crippen LogP contribution is -2.46. The highest BCUT2D eigenvalue weighted by atomic mass is 19.4. The van der Waals surface area contributed by atoms with Crippen molar-refractivity contribution in [2.24, 2.45) is 0 Å². The molecule has 2 rings (SSSR count). The lowest BCUT2D eigenvalue weighted by molar-refractivity contribution is -0.299. The van der Waals surface area contributed by atoms with Gasteiger partial charge >= 0.3 is 12.4 Å². The topological polar surface area (TPSA) is 45.9 Å². The third kappa shape index (κ3) is 4.75. The first-order valence-corrected chi connectivity index (χ1v) is 7.13. The van der Waals surface area contributed by atoms with Crippen LogP contribution in [-0.4, -0.2) is 23.4 Å². The van der Waals surface area contributed by atoms with Gasteiger partial charge < -0.3 is 4.74 Å². The average Bonchev–Trinajstić information content (AvgIpc) is 2.51. The molecule has 0 aliphatic heterocycles. The van der Waals surface area contributed by atoms with Crippen LogP contribution in [-0.2, 0) is 0 Å². The van der Waals surface area contributed by atoms with Crippen molar-refractivity contribution in [1.82, 2.24) is 4.98 Å². The van der Waals surface area contributed by atoms with Gasteiger partial charge in [0.2, 0.25) is 0 Å². The van der Waals surface area contributed by atoms with Crippen molar-refractivity contribution in [1.29, 1.82) is 5.26 Å². The van der Waals surface area contributed by atoms with Gasteiger partial charge in [-0.05, 0) is 19.1 Å². The fourth-order valence-electron chi connectivity index (χ4n) is 1.93. The van der Waals surface area contributed by atoms with Crippen molar-refractivity contribution < 1.29 is 31.1 Å². The predicted octanol–water partition coefficient (Wildman–Crippen LogP) is 5.31. The molecule has 0 aliphatic rings.